The Kier molecular flexibility index (Phi) is 7.47. The number of benzene rings is 2. The van der Waals surface area contributed by atoms with Gasteiger partial charge in [-0.1, -0.05) is 25.0 Å². The van der Waals surface area contributed by atoms with Crippen molar-refractivity contribution in [3.63, 3.8) is 0 Å². The van der Waals surface area contributed by atoms with Crippen molar-refractivity contribution >= 4 is 17.4 Å². The molecule has 3 aromatic rings. The Hall–Kier alpha value is -3.81. The molecule has 0 saturated carbocycles. The van der Waals surface area contributed by atoms with E-state index in [1.165, 1.54) is 47.0 Å². The van der Waals surface area contributed by atoms with Gasteiger partial charge in [0.15, 0.2) is 17.3 Å². The van der Waals surface area contributed by atoms with Crippen LogP contribution in [0.4, 0.5) is 11.5 Å². The predicted octanol–water partition coefficient (Wildman–Crippen LogP) is 4.80. The molecule has 4 rings (SSSR count). The lowest BCUT2D eigenvalue weighted by Gasteiger charge is -2.20. The van der Waals surface area contributed by atoms with Crippen molar-refractivity contribution in [1.82, 2.24) is 10.2 Å². The van der Waals surface area contributed by atoms with Gasteiger partial charge >= 0.3 is 0 Å². The Morgan fingerprint density at radius 1 is 0.824 bits per heavy atom. The fraction of sp³-hybridized carbons (Fsp3) is 0.346. The number of rotatable bonds is 7. The maximum absolute atomic E-state index is 12.8. The molecule has 178 valence electrons. The quantitative estimate of drug-likeness (QED) is 0.540. The van der Waals surface area contributed by atoms with Crippen LogP contribution in [0.5, 0.6) is 17.2 Å². The summed E-state index contributed by atoms with van der Waals surface area (Å²) in [4.78, 5) is 15.1. The molecule has 1 amide bonds. The van der Waals surface area contributed by atoms with Gasteiger partial charge in [0.2, 0.25) is 5.75 Å². The minimum absolute atomic E-state index is 0.284. The number of anilines is 2. The number of amides is 1. The van der Waals surface area contributed by atoms with Crippen molar-refractivity contribution in [3.05, 3.63) is 54.1 Å². The zero-order valence-corrected chi connectivity index (χ0v) is 19.8. The van der Waals surface area contributed by atoms with Gasteiger partial charge in [0, 0.05) is 29.9 Å². The van der Waals surface area contributed by atoms with Gasteiger partial charge < -0.3 is 24.4 Å². The lowest BCUT2D eigenvalue weighted by molar-refractivity contribution is 0.102. The van der Waals surface area contributed by atoms with E-state index in [1.54, 1.807) is 12.1 Å². The second kappa shape index (κ2) is 10.9. The highest BCUT2D eigenvalue weighted by molar-refractivity contribution is 6.05. The summed E-state index contributed by atoms with van der Waals surface area (Å²) in [6.45, 7) is 2.07. The molecule has 0 atom stereocenters. The summed E-state index contributed by atoms with van der Waals surface area (Å²) in [5.41, 5.74) is 2.78. The molecule has 8 nitrogen and oxygen atoms in total. The first-order valence-corrected chi connectivity index (χ1v) is 11.4. The molecule has 2 aromatic carbocycles. The van der Waals surface area contributed by atoms with Crippen LogP contribution in [-0.2, 0) is 0 Å². The summed E-state index contributed by atoms with van der Waals surface area (Å²) < 4.78 is 16.0. The summed E-state index contributed by atoms with van der Waals surface area (Å²) in [5.74, 6) is 1.93. The van der Waals surface area contributed by atoms with Gasteiger partial charge in [0.25, 0.3) is 5.91 Å². The molecule has 34 heavy (non-hydrogen) atoms. The number of carbonyl (C=O) groups is 1. The highest BCUT2D eigenvalue weighted by atomic mass is 16.5. The monoisotopic (exact) mass is 462 g/mol. The molecule has 1 aliphatic heterocycles. The van der Waals surface area contributed by atoms with Crippen LogP contribution >= 0.6 is 0 Å². The van der Waals surface area contributed by atoms with E-state index in [2.05, 4.69) is 20.4 Å². The summed E-state index contributed by atoms with van der Waals surface area (Å²) in [5, 5.41) is 11.8. The van der Waals surface area contributed by atoms with Crippen LogP contribution in [0.2, 0.25) is 0 Å². The number of nitrogens with one attached hydrogen (secondary N) is 1. The summed E-state index contributed by atoms with van der Waals surface area (Å²) in [6.07, 6.45) is 4.97. The van der Waals surface area contributed by atoms with Crippen molar-refractivity contribution < 1.29 is 19.0 Å². The van der Waals surface area contributed by atoms with Crippen LogP contribution in [0.15, 0.2) is 48.5 Å². The minimum atomic E-state index is -0.284. The van der Waals surface area contributed by atoms with Crippen LogP contribution in [0.3, 0.4) is 0 Å². The number of hydrogen-bond donors (Lipinski definition) is 1. The van der Waals surface area contributed by atoms with E-state index in [9.17, 15) is 4.79 Å². The number of hydrogen-bond acceptors (Lipinski definition) is 7. The third-order valence-corrected chi connectivity index (χ3v) is 5.95. The molecule has 0 radical (unpaired) electrons. The van der Waals surface area contributed by atoms with E-state index in [1.807, 2.05) is 36.4 Å². The third-order valence-electron chi connectivity index (χ3n) is 5.95. The van der Waals surface area contributed by atoms with Gasteiger partial charge in [0.1, 0.15) is 0 Å². The van der Waals surface area contributed by atoms with Crippen molar-refractivity contribution in [1.29, 1.82) is 0 Å². The maximum atomic E-state index is 12.8. The van der Waals surface area contributed by atoms with Crippen molar-refractivity contribution in [2.45, 2.75) is 25.7 Å². The zero-order chi connectivity index (χ0) is 23.9. The Morgan fingerprint density at radius 2 is 1.47 bits per heavy atom. The number of nitrogens with zero attached hydrogens (tertiary/aromatic N) is 3. The van der Waals surface area contributed by atoms with Crippen molar-refractivity contribution in [2.75, 3.05) is 44.6 Å². The molecule has 2 heterocycles. The molecule has 1 aliphatic rings. The number of carbonyl (C=O) groups excluding carboxylic acids is 1. The lowest BCUT2D eigenvalue weighted by atomic mass is 10.1. The van der Waals surface area contributed by atoms with Crippen molar-refractivity contribution in [3.8, 4) is 28.5 Å². The fourth-order valence-corrected chi connectivity index (χ4v) is 4.09. The van der Waals surface area contributed by atoms with Crippen LogP contribution in [0, 0.1) is 0 Å². The summed E-state index contributed by atoms with van der Waals surface area (Å²) >= 11 is 0. The fourth-order valence-electron chi connectivity index (χ4n) is 4.09. The van der Waals surface area contributed by atoms with Gasteiger partial charge in [-0.15, -0.1) is 10.2 Å². The van der Waals surface area contributed by atoms with Gasteiger partial charge in [0.05, 0.1) is 27.0 Å². The van der Waals surface area contributed by atoms with E-state index in [-0.39, 0.29) is 5.91 Å². The minimum Gasteiger partial charge on any atom is -0.493 e. The highest BCUT2D eigenvalue weighted by Crippen LogP contribution is 2.38. The summed E-state index contributed by atoms with van der Waals surface area (Å²) in [6, 6.07) is 14.8. The molecule has 0 aliphatic carbocycles. The molecular formula is C26H30N4O4. The maximum Gasteiger partial charge on any atom is 0.255 e. The number of methoxy groups -OCH3 is 3. The predicted molar refractivity (Wildman–Crippen MR) is 132 cm³/mol. The Bertz CT molecular complexity index is 1080. The Labute approximate surface area is 199 Å². The largest absolute Gasteiger partial charge is 0.493 e. The lowest BCUT2D eigenvalue weighted by Crippen LogP contribution is -2.25. The van der Waals surface area contributed by atoms with E-state index < -0.39 is 0 Å². The van der Waals surface area contributed by atoms with E-state index in [0.717, 1.165) is 30.2 Å². The molecule has 8 heteroatoms. The average Bonchev–Trinajstić information content (AvgIpc) is 3.18. The van der Waals surface area contributed by atoms with Gasteiger partial charge in [-0.3, -0.25) is 4.79 Å². The first kappa shape index (κ1) is 23.4. The molecule has 1 N–H and O–H groups in total. The molecule has 1 aromatic heterocycles. The highest BCUT2D eigenvalue weighted by Gasteiger charge is 2.17. The SMILES string of the molecule is COc1cc(C(=O)Nc2ccc(-c3ccc(N4CCCCCC4)nn3)cc2)cc(OC)c1OC. The standard InChI is InChI=1S/C26H30N4O4/c1-32-22-16-19(17-23(33-2)25(22)34-3)26(31)27-20-10-8-18(9-11-20)21-12-13-24(29-28-21)30-14-6-4-5-7-15-30/h8-13,16-17H,4-7,14-15H2,1-3H3,(H,27,31). The Morgan fingerprint density at radius 3 is 2.00 bits per heavy atom. The van der Waals surface area contributed by atoms with Crippen molar-refractivity contribution in [2.24, 2.45) is 0 Å². The van der Waals surface area contributed by atoms with Crippen LogP contribution in [-0.4, -0.2) is 50.5 Å². The van der Waals surface area contributed by atoms with E-state index in [0.29, 0.717) is 28.5 Å². The molecule has 1 saturated heterocycles. The molecule has 1 fully saturated rings. The molecule has 0 bridgehead atoms. The number of ether oxygens (including phenoxy) is 3. The van der Waals surface area contributed by atoms with Crippen LogP contribution in [0.1, 0.15) is 36.0 Å². The third kappa shape index (κ3) is 5.22. The normalized spacial score (nSPS) is 13.7. The molecular weight excluding hydrogens is 432 g/mol. The molecule has 0 unspecified atom stereocenters. The van der Waals surface area contributed by atoms with Crippen LogP contribution in [0.25, 0.3) is 11.3 Å². The first-order chi connectivity index (χ1) is 16.6. The van der Waals surface area contributed by atoms with Crippen LogP contribution < -0.4 is 24.4 Å². The summed E-state index contributed by atoms with van der Waals surface area (Å²) in [7, 11) is 4.55. The van der Waals surface area contributed by atoms with Gasteiger partial charge in [-0.2, -0.15) is 0 Å². The topological polar surface area (TPSA) is 85.8 Å². The second-order valence-electron chi connectivity index (χ2n) is 8.12. The first-order valence-electron chi connectivity index (χ1n) is 11.4. The Balaban J connectivity index is 1.45. The van der Waals surface area contributed by atoms with Gasteiger partial charge in [-0.05, 0) is 49.2 Å². The smallest absolute Gasteiger partial charge is 0.255 e. The van der Waals surface area contributed by atoms with E-state index >= 15 is 0 Å². The number of aromatic nitrogens is 2. The van der Waals surface area contributed by atoms with Gasteiger partial charge in [-0.25, -0.2) is 0 Å². The second-order valence-corrected chi connectivity index (χ2v) is 8.12. The zero-order valence-electron chi connectivity index (χ0n) is 19.8. The average molecular weight is 463 g/mol. The van der Waals surface area contributed by atoms with E-state index in [4.69, 9.17) is 14.2 Å². The molecule has 0 spiro atoms.